The van der Waals surface area contributed by atoms with Crippen LogP contribution in [0.4, 0.5) is 0 Å². The molecule has 0 bridgehead atoms. The maximum absolute atomic E-state index is 12.0. The van der Waals surface area contributed by atoms with Crippen molar-refractivity contribution in [3.05, 3.63) is 46.2 Å². The molecule has 1 N–H and O–H groups in total. The van der Waals surface area contributed by atoms with Gasteiger partial charge in [-0.3, -0.25) is 4.79 Å². The molecule has 19 heavy (non-hydrogen) atoms. The molecule has 0 spiro atoms. The third kappa shape index (κ3) is 3.26. The number of carbonyl (C=O) groups excluding carboxylic acids is 1. The fraction of sp³-hybridized carbons (Fsp3) is 0.214. The van der Waals surface area contributed by atoms with Crippen molar-refractivity contribution in [2.75, 3.05) is 14.2 Å². The number of benzene rings is 1. The first-order chi connectivity index (χ1) is 9.24. The summed E-state index contributed by atoms with van der Waals surface area (Å²) in [5.74, 6) is 1.02. The highest BCUT2D eigenvalue weighted by Gasteiger charge is 2.10. The van der Waals surface area contributed by atoms with Crippen LogP contribution in [0.15, 0.2) is 35.0 Å². The van der Waals surface area contributed by atoms with Crippen LogP contribution in [0.1, 0.15) is 15.9 Å². The predicted molar refractivity (Wildman–Crippen MR) is 75.0 cm³/mol. The highest BCUT2D eigenvalue weighted by Crippen LogP contribution is 2.27. The molecule has 0 aliphatic carbocycles. The molecule has 1 amide bonds. The van der Waals surface area contributed by atoms with Crippen molar-refractivity contribution in [2.24, 2.45) is 0 Å². The van der Waals surface area contributed by atoms with E-state index in [0.717, 1.165) is 5.56 Å². The molecule has 1 aromatic carbocycles. The Kier molecular flexibility index (Phi) is 4.41. The molecule has 5 heteroatoms. The average Bonchev–Trinajstić information content (AvgIpc) is 2.97. The molecule has 100 valence electrons. The second-order valence-corrected chi connectivity index (χ2v) is 4.66. The van der Waals surface area contributed by atoms with Gasteiger partial charge in [0.15, 0.2) is 11.5 Å². The first-order valence-electron chi connectivity index (χ1n) is 5.76. The zero-order valence-electron chi connectivity index (χ0n) is 10.8. The lowest BCUT2D eigenvalue weighted by molar-refractivity contribution is 0.0950. The average molecular weight is 277 g/mol. The summed E-state index contributed by atoms with van der Waals surface area (Å²) in [6, 6.07) is 7.09. The van der Waals surface area contributed by atoms with Gasteiger partial charge < -0.3 is 14.8 Å². The summed E-state index contributed by atoms with van der Waals surface area (Å²) in [6.07, 6.45) is 0. The Labute approximate surface area is 116 Å². The molecular formula is C14H15NO3S. The van der Waals surface area contributed by atoms with E-state index in [4.69, 9.17) is 9.47 Å². The van der Waals surface area contributed by atoms with Crippen LogP contribution in [0, 0.1) is 0 Å². The number of thiophene rings is 1. The van der Waals surface area contributed by atoms with Crippen molar-refractivity contribution >= 4 is 17.2 Å². The molecule has 2 aromatic rings. The van der Waals surface area contributed by atoms with Crippen molar-refractivity contribution in [2.45, 2.75) is 6.54 Å². The molecular weight excluding hydrogens is 262 g/mol. The molecule has 0 saturated heterocycles. The van der Waals surface area contributed by atoms with Crippen molar-refractivity contribution in [1.29, 1.82) is 0 Å². The van der Waals surface area contributed by atoms with Gasteiger partial charge in [-0.1, -0.05) is 0 Å². The van der Waals surface area contributed by atoms with Crippen molar-refractivity contribution < 1.29 is 14.3 Å². The summed E-state index contributed by atoms with van der Waals surface area (Å²) in [5.41, 5.74) is 1.65. The smallest absolute Gasteiger partial charge is 0.251 e. The number of carbonyl (C=O) groups is 1. The number of hydrogen-bond acceptors (Lipinski definition) is 4. The van der Waals surface area contributed by atoms with Crippen LogP contribution in [-0.4, -0.2) is 20.1 Å². The Balaban J connectivity index is 2.06. The number of methoxy groups -OCH3 is 2. The van der Waals surface area contributed by atoms with E-state index in [2.05, 4.69) is 5.32 Å². The first-order valence-corrected chi connectivity index (χ1v) is 6.70. The molecule has 2 rings (SSSR count). The number of amides is 1. The summed E-state index contributed by atoms with van der Waals surface area (Å²) >= 11 is 1.61. The van der Waals surface area contributed by atoms with E-state index in [0.29, 0.717) is 23.6 Å². The van der Waals surface area contributed by atoms with Gasteiger partial charge in [0.25, 0.3) is 5.91 Å². The standard InChI is InChI=1S/C14H15NO3S/c1-17-12-4-3-11(7-13(12)18-2)14(16)15-8-10-5-6-19-9-10/h3-7,9H,8H2,1-2H3,(H,15,16). The van der Waals surface area contributed by atoms with Crippen molar-refractivity contribution in [3.63, 3.8) is 0 Å². The van der Waals surface area contributed by atoms with Gasteiger partial charge in [-0.25, -0.2) is 0 Å². The highest BCUT2D eigenvalue weighted by molar-refractivity contribution is 7.07. The fourth-order valence-electron chi connectivity index (χ4n) is 1.66. The molecule has 0 aliphatic rings. The zero-order chi connectivity index (χ0) is 13.7. The Hall–Kier alpha value is -2.01. The molecule has 0 fully saturated rings. The Bertz CT molecular complexity index is 552. The highest BCUT2D eigenvalue weighted by atomic mass is 32.1. The first kappa shape index (κ1) is 13.4. The summed E-state index contributed by atoms with van der Waals surface area (Å²) in [5, 5.41) is 6.85. The van der Waals surface area contributed by atoms with Crippen LogP contribution in [-0.2, 0) is 6.54 Å². The topological polar surface area (TPSA) is 47.6 Å². The maximum Gasteiger partial charge on any atom is 0.251 e. The van der Waals surface area contributed by atoms with E-state index in [9.17, 15) is 4.79 Å². The summed E-state index contributed by atoms with van der Waals surface area (Å²) in [7, 11) is 3.11. The van der Waals surface area contributed by atoms with Crippen LogP contribution < -0.4 is 14.8 Å². The van der Waals surface area contributed by atoms with Gasteiger partial charge in [-0.05, 0) is 40.6 Å². The molecule has 1 heterocycles. The quantitative estimate of drug-likeness (QED) is 0.914. The second kappa shape index (κ2) is 6.24. The Morgan fingerprint density at radius 3 is 2.63 bits per heavy atom. The minimum atomic E-state index is -0.132. The van der Waals surface area contributed by atoms with Crippen LogP contribution in [0.2, 0.25) is 0 Å². The van der Waals surface area contributed by atoms with E-state index in [1.807, 2.05) is 16.8 Å². The molecule has 0 saturated carbocycles. The van der Waals surface area contributed by atoms with Gasteiger partial charge >= 0.3 is 0 Å². The number of nitrogens with one attached hydrogen (secondary N) is 1. The largest absolute Gasteiger partial charge is 0.493 e. The zero-order valence-corrected chi connectivity index (χ0v) is 11.6. The second-order valence-electron chi connectivity index (χ2n) is 3.88. The Morgan fingerprint density at radius 1 is 1.21 bits per heavy atom. The van der Waals surface area contributed by atoms with Gasteiger partial charge in [0, 0.05) is 12.1 Å². The van der Waals surface area contributed by atoms with Crippen LogP contribution in [0.5, 0.6) is 11.5 Å². The van der Waals surface area contributed by atoms with Crippen LogP contribution in [0.25, 0.3) is 0 Å². The lowest BCUT2D eigenvalue weighted by Crippen LogP contribution is -2.22. The minimum absolute atomic E-state index is 0.132. The third-order valence-corrected chi connectivity index (χ3v) is 3.41. The predicted octanol–water partition coefficient (Wildman–Crippen LogP) is 2.70. The fourth-order valence-corrected chi connectivity index (χ4v) is 2.32. The van der Waals surface area contributed by atoms with Gasteiger partial charge in [0.05, 0.1) is 14.2 Å². The number of ether oxygens (including phenoxy) is 2. The monoisotopic (exact) mass is 277 g/mol. The van der Waals surface area contributed by atoms with Crippen LogP contribution >= 0.6 is 11.3 Å². The van der Waals surface area contributed by atoms with E-state index in [1.165, 1.54) is 0 Å². The molecule has 0 unspecified atom stereocenters. The van der Waals surface area contributed by atoms with E-state index in [1.54, 1.807) is 43.8 Å². The third-order valence-electron chi connectivity index (χ3n) is 2.68. The molecule has 0 atom stereocenters. The normalized spacial score (nSPS) is 10.0. The molecule has 1 aromatic heterocycles. The van der Waals surface area contributed by atoms with E-state index >= 15 is 0 Å². The van der Waals surface area contributed by atoms with Gasteiger partial charge in [0.1, 0.15) is 0 Å². The van der Waals surface area contributed by atoms with Gasteiger partial charge in [0.2, 0.25) is 0 Å². The Morgan fingerprint density at radius 2 is 2.00 bits per heavy atom. The summed E-state index contributed by atoms with van der Waals surface area (Å²) < 4.78 is 10.3. The molecule has 0 aliphatic heterocycles. The van der Waals surface area contributed by atoms with Crippen molar-refractivity contribution in [1.82, 2.24) is 5.32 Å². The minimum Gasteiger partial charge on any atom is -0.493 e. The molecule has 4 nitrogen and oxygen atoms in total. The SMILES string of the molecule is COc1ccc(C(=O)NCc2ccsc2)cc1OC. The number of hydrogen-bond donors (Lipinski definition) is 1. The molecule has 0 radical (unpaired) electrons. The lowest BCUT2D eigenvalue weighted by Gasteiger charge is -2.09. The maximum atomic E-state index is 12.0. The van der Waals surface area contributed by atoms with Gasteiger partial charge in [-0.2, -0.15) is 11.3 Å². The summed E-state index contributed by atoms with van der Waals surface area (Å²) in [4.78, 5) is 12.0. The van der Waals surface area contributed by atoms with E-state index < -0.39 is 0 Å². The van der Waals surface area contributed by atoms with Crippen LogP contribution in [0.3, 0.4) is 0 Å². The number of rotatable bonds is 5. The van der Waals surface area contributed by atoms with E-state index in [-0.39, 0.29) is 5.91 Å². The van der Waals surface area contributed by atoms with Gasteiger partial charge in [-0.15, -0.1) is 0 Å². The summed E-state index contributed by atoms with van der Waals surface area (Å²) in [6.45, 7) is 0.524. The van der Waals surface area contributed by atoms with Crippen molar-refractivity contribution in [3.8, 4) is 11.5 Å². The lowest BCUT2D eigenvalue weighted by atomic mass is 10.2.